The second-order valence-corrected chi connectivity index (χ2v) is 7.47. The van der Waals surface area contributed by atoms with E-state index in [9.17, 15) is 4.79 Å². The molecule has 4 N–H and O–H groups in total. The number of benzene rings is 1. The SMILES string of the molecule is CC.COc1c(C(=O)Nc2ccc(Cl)cc2)cnc(NCCN2CCNCC2)c1C(C)=N. The summed E-state index contributed by atoms with van der Waals surface area (Å²) in [5.74, 6) is 0.503. The van der Waals surface area contributed by atoms with E-state index in [0.29, 0.717) is 34.4 Å². The van der Waals surface area contributed by atoms with Crippen LogP contribution in [0, 0.1) is 5.41 Å². The van der Waals surface area contributed by atoms with E-state index in [1.54, 1.807) is 31.2 Å². The first-order valence-electron chi connectivity index (χ1n) is 10.9. The Balaban J connectivity index is 0.00000176. The Morgan fingerprint density at radius 1 is 1.25 bits per heavy atom. The predicted molar refractivity (Wildman–Crippen MR) is 132 cm³/mol. The summed E-state index contributed by atoms with van der Waals surface area (Å²) in [5, 5.41) is 18.2. The summed E-state index contributed by atoms with van der Waals surface area (Å²) in [5.41, 5.74) is 1.63. The molecule has 1 aromatic carbocycles. The molecule has 0 saturated carbocycles. The minimum atomic E-state index is -0.364. The molecule has 1 aromatic heterocycles. The van der Waals surface area contributed by atoms with Crippen molar-refractivity contribution in [1.29, 1.82) is 5.41 Å². The van der Waals surface area contributed by atoms with Crippen molar-refractivity contribution in [3.63, 3.8) is 0 Å². The Hall–Kier alpha value is -2.68. The monoisotopic (exact) mass is 460 g/mol. The van der Waals surface area contributed by atoms with Crippen LogP contribution in [0.1, 0.15) is 36.7 Å². The average Bonchev–Trinajstić information content (AvgIpc) is 2.81. The summed E-state index contributed by atoms with van der Waals surface area (Å²) in [4.78, 5) is 19.6. The number of nitrogens with one attached hydrogen (secondary N) is 4. The largest absolute Gasteiger partial charge is 0.495 e. The Kier molecular flexibility index (Phi) is 10.4. The molecule has 174 valence electrons. The molecule has 0 unspecified atom stereocenters. The van der Waals surface area contributed by atoms with E-state index in [1.807, 2.05) is 13.8 Å². The van der Waals surface area contributed by atoms with Gasteiger partial charge in [0.15, 0.2) is 0 Å². The maximum absolute atomic E-state index is 12.8. The molecule has 0 spiro atoms. The van der Waals surface area contributed by atoms with Crippen molar-refractivity contribution in [2.75, 3.05) is 57.0 Å². The van der Waals surface area contributed by atoms with Crippen LogP contribution in [-0.4, -0.2) is 67.9 Å². The Morgan fingerprint density at radius 3 is 2.50 bits per heavy atom. The second-order valence-electron chi connectivity index (χ2n) is 7.03. The molecule has 0 bridgehead atoms. The van der Waals surface area contributed by atoms with Gasteiger partial charge in [-0.3, -0.25) is 9.69 Å². The molecule has 2 aromatic rings. The van der Waals surface area contributed by atoms with Crippen molar-refractivity contribution in [3.05, 3.63) is 46.6 Å². The molecular weight excluding hydrogens is 428 g/mol. The fourth-order valence-electron chi connectivity index (χ4n) is 3.35. The minimum Gasteiger partial charge on any atom is -0.495 e. The van der Waals surface area contributed by atoms with Crippen LogP contribution in [0.4, 0.5) is 11.5 Å². The van der Waals surface area contributed by atoms with Crippen molar-refractivity contribution in [1.82, 2.24) is 15.2 Å². The van der Waals surface area contributed by atoms with Crippen LogP contribution in [-0.2, 0) is 0 Å². The highest BCUT2D eigenvalue weighted by atomic mass is 35.5. The molecule has 0 aliphatic carbocycles. The van der Waals surface area contributed by atoms with Gasteiger partial charge in [-0.25, -0.2) is 4.98 Å². The third-order valence-corrected chi connectivity index (χ3v) is 5.14. The van der Waals surface area contributed by atoms with Crippen LogP contribution in [0.5, 0.6) is 5.75 Å². The van der Waals surface area contributed by atoms with Gasteiger partial charge in [-0.15, -0.1) is 0 Å². The normalized spacial score (nSPS) is 13.5. The summed E-state index contributed by atoms with van der Waals surface area (Å²) < 4.78 is 5.53. The van der Waals surface area contributed by atoms with Gasteiger partial charge in [0, 0.05) is 61.9 Å². The number of anilines is 2. The molecule has 9 heteroatoms. The molecule has 1 aliphatic heterocycles. The molecule has 8 nitrogen and oxygen atoms in total. The molecule has 3 rings (SSSR count). The van der Waals surface area contributed by atoms with Gasteiger partial charge in [0.1, 0.15) is 17.1 Å². The second kappa shape index (κ2) is 13.0. The van der Waals surface area contributed by atoms with Gasteiger partial charge >= 0.3 is 0 Å². The third-order valence-electron chi connectivity index (χ3n) is 4.89. The number of nitrogens with zero attached hydrogens (tertiary/aromatic N) is 2. The van der Waals surface area contributed by atoms with Gasteiger partial charge in [0.2, 0.25) is 0 Å². The zero-order valence-corrected chi connectivity index (χ0v) is 20.0. The summed E-state index contributed by atoms with van der Waals surface area (Å²) in [6.45, 7) is 11.2. The standard InChI is InChI=1S/C21H27ClN6O2.C2H6/c1-14(23)18-19(30-2)17(21(29)27-16-5-3-15(22)4-6-16)13-26-20(18)25-9-12-28-10-7-24-8-11-28;1-2/h3-6,13,23-24H,7-12H2,1-2H3,(H,25,26)(H,27,29);1-2H3. The quantitative estimate of drug-likeness (QED) is 0.448. The van der Waals surface area contributed by atoms with Crippen LogP contribution in [0.3, 0.4) is 0 Å². The molecule has 1 aliphatic rings. The third kappa shape index (κ3) is 6.91. The van der Waals surface area contributed by atoms with Crippen molar-refractivity contribution >= 4 is 34.7 Å². The van der Waals surface area contributed by atoms with Crippen molar-refractivity contribution < 1.29 is 9.53 Å². The van der Waals surface area contributed by atoms with E-state index in [1.165, 1.54) is 13.3 Å². The van der Waals surface area contributed by atoms with E-state index < -0.39 is 0 Å². The Morgan fingerprint density at radius 2 is 1.91 bits per heavy atom. The van der Waals surface area contributed by atoms with Gasteiger partial charge in [-0.2, -0.15) is 0 Å². The molecular formula is C23H33ClN6O2. The Labute approximate surface area is 195 Å². The fraction of sp³-hybridized carbons (Fsp3) is 0.435. The highest BCUT2D eigenvalue weighted by Crippen LogP contribution is 2.30. The van der Waals surface area contributed by atoms with E-state index in [0.717, 1.165) is 32.7 Å². The number of pyridine rings is 1. The lowest BCUT2D eigenvalue weighted by molar-refractivity contribution is 0.102. The van der Waals surface area contributed by atoms with Crippen LogP contribution >= 0.6 is 11.6 Å². The zero-order chi connectivity index (χ0) is 23.5. The van der Waals surface area contributed by atoms with E-state index >= 15 is 0 Å². The first kappa shape index (κ1) is 25.6. The van der Waals surface area contributed by atoms with E-state index in [-0.39, 0.29) is 17.2 Å². The molecule has 1 saturated heterocycles. The summed E-state index contributed by atoms with van der Waals surface area (Å²) in [6.07, 6.45) is 1.48. The highest BCUT2D eigenvalue weighted by molar-refractivity contribution is 6.30. The molecule has 32 heavy (non-hydrogen) atoms. The summed E-state index contributed by atoms with van der Waals surface area (Å²) in [7, 11) is 1.49. The predicted octanol–water partition coefficient (Wildman–Crippen LogP) is 3.73. The Bertz CT molecular complexity index is 898. The number of methoxy groups -OCH3 is 1. The number of carbonyl (C=O) groups is 1. The first-order valence-corrected chi connectivity index (χ1v) is 11.2. The number of ether oxygens (including phenoxy) is 1. The number of rotatable bonds is 8. The average molecular weight is 461 g/mol. The van der Waals surface area contributed by atoms with Crippen molar-refractivity contribution in [2.24, 2.45) is 0 Å². The topological polar surface area (TPSA) is 102 Å². The van der Waals surface area contributed by atoms with Crippen LogP contribution in [0.15, 0.2) is 30.5 Å². The molecule has 0 atom stereocenters. The lowest BCUT2D eigenvalue weighted by atomic mass is 10.1. The number of halogens is 1. The fourth-order valence-corrected chi connectivity index (χ4v) is 3.47. The molecule has 0 radical (unpaired) electrons. The number of carbonyl (C=O) groups excluding carboxylic acids is 1. The molecule has 1 amide bonds. The van der Waals surface area contributed by atoms with E-state index in [4.69, 9.17) is 21.7 Å². The molecule has 1 fully saturated rings. The zero-order valence-electron chi connectivity index (χ0n) is 19.2. The van der Waals surface area contributed by atoms with Crippen LogP contribution in [0.2, 0.25) is 5.02 Å². The van der Waals surface area contributed by atoms with Gasteiger partial charge in [0.05, 0.1) is 12.7 Å². The number of hydrogen-bond acceptors (Lipinski definition) is 7. The number of piperazine rings is 1. The number of hydrogen-bond donors (Lipinski definition) is 4. The molecule has 2 heterocycles. The maximum Gasteiger partial charge on any atom is 0.261 e. The van der Waals surface area contributed by atoms with Gasteiger partial charge in [0.25, 0.3) is 5.91 Å². The maximum atomic E-state index is 12.8. The summed E-state index contributed by atoms with van der Waals surface area (Å²) in [6, 6.07) is 6.83. The van der Waals surface area contributed by atoms with Gasteiger partial charge in [-0.05, 0) is 31.2 Å². The summed E-state index contributed by atoms with van der Waals surface area (Å²) >= 11 is 5.90. The van der Waals surface area contributed by atoms with Gasteiger partial charge < -0.3 is 26.1 Å². The number of aromatic nitrogens is 1. The van der Waals surface area contributed by atoms with Crippen molar-refractivity contribution in [3.8, 4) is 5.75 Å². The number of amides is 1. The van der Waals surface area contributed by atoms with Gasteiger partial charge in [-0.1, -0.05) is 25.4 Å². The van der Waals surface area contributed by atoms with Crippen LogP contribution < -0.4 is 20.7 Å². The van der Waals surface area contributed by atoms with Crippen molar-refractivity contribution in [2.45, 2.75) is 20.8 Å². The lowest BCUT2D eigenvalue weighted by Gasteiger charge is -2.27. The first-order chi connectivity index (χ1) is 15.5. The highest BCUT2D eigenvalue weighted by Gasteiger charge is 2.22. The minimum absolute atomic E-state index is 0.265. The smallest absolute Gasteiger partial charge is 0.261 e. The van der Waals surface area contributed by atoms with E-state index in [2.05, 4.69) is 25.8 Å². The lowest BCUT2D eigenvalue weighted by Crippen LogP contribution is -2.45. The van der Waals surface area contributed by atoms with Crippen LogP contribution in [0.25, 0.3) is 0 Å².